The largest absolute Gasteiger partial charge is 0.306 e. The molecule has 0 radical (unpaired) electrons. The second-order valence-corrected chi connectivity index (χ2v) is 6.30. The first-order valence-corrected chi connectivity index (χ1v) is 6.65. The average molecular weight is 232 g/mol. The summed E-state index contributed by atoms with van der Waals surface area (Å²) in [6.07, 6.45) is 4.46. The summed E-state index contributed by atoms with van der Waals surface area (Å²) in [5.41, 5.74) is 1.63. The van der Waals surface area contributed by atoms with E-state index in [-0.39, 0.29) is 0 Å². The first kappa shape index (κ1) is 12.6. The Morgan fingerprint density at radius 1 is 1.35 bits per heavy atom. The van der Waals surface area contributed by atoms with Crippen molar-refractivity contribution in [3.05, 3.63) is 30.1 Å². The minimum atomic E-state index is 0.345. The van der Waals surface area contributed by atoms with Crippen LogP contribution in [0.25, 0.3) is 0 Å². The Labute approximate surface area is 105 Å². The van der Waals surface area contributed by atoms with Gasteiger partial charge in [-0.2, -0.15) is 0 Å². The second-order valence-electron chi connectivity index (χ2n) is 6.30. The lowest BCUT2D eigenvalue weighted by atomic mass is 9.91. The van der Waals surface area contributed by atoms with Gasteiger partial charge in [0.25, 0.3) is 0 Å². The molecule has 2 unspecified atom stereocenters. The van der Waals surface area contributed by atoms with Gasteiger partial charge in [0.1, 0.15) is 0 Å². The summed E-state index contributed by atoms with van der Waals surface area (Å²) in [5.74, 6) is 0.760. The van der Waals surface area contributed by atoms with Gasteiger partial charge in [0.15, 0.2) is 0 Å². The van der Waals surface area contributed by atoms with Gasteiger partial charge in [-0.3, -0.25) is 4.98 Å². The number of rotatable bonds is 3. The SMILES string of the molecule is CC1CC(C)(C)CC1N[C@H](C)c1ccccn1. The van der Waals surface area contributed by atoms with Crippen molar-refractivity contribution in [1.29, 1.82) is 0 Å². The van der Waals surface area contributed by atoms with Crippen molar-refractivity contribution in [3.63, 3.8) is 0 Å². The van der Waals surface area contributed by atoms with Gasteiger partial charge in [-0.15, -0.1) is 0 Å². The third-order valence-corrected chi connectivity index (χ3v) is 3.93. The molecule has 17 heavy (non-hydrogen) atoms. The summed E-state index contributed by atoms with van der Waals surface area (Å²) < 4.78 is 0. The molecule has 0 amide bonds. The van der Waals surface area contributed by atoms with Gasteiger partial charge < -0.3 is 5.32 Å². The molecule has 1 saturated carbocycles. The first-order valence-electron chi connectivity index (χ1n) is 6.65. The highest BCUT2D eigenvalue weighted by atomic mass is 15.0. The molecule has 0 bridgehead atoms. The molecule has 0 saturated heterocycles. The Morgan fingerprint density at radius 3 is 2.65 bits per heavy atom. The van der Waals surface area contributed by atoms with Gasteiger partial charge in [-0.05, 0) is 43.2 Å². The molecule has 2 nitrogen and oxygen atoms in total. The van der Waals surface area contributed by atoms with Crippen molar-refractivity contribution in [2.45, 2.75) is 52.6 Å². The van der Waals surface area contributed by atoms with E-state index in [1.807, 2.05) is 12.3 Å². The van der Waals surface area contributed by atoms with Crippen LogP contribution in [0, 0.1) is 11.3 Å². The van der Waals surface area contributed by atoms with Gasteiger partial charge in [0.2, 0.25) is 0 Å². The number of nitrogens with one attached hydrogen (secondary N) is 1. The Morgan fingerprint density at radius 2 is 2.12 bits per heavy atom. The molecule has 3 atom stereocenters. The summed E-state index contributed by atoms with van der Waals surface area (Å²) in [5, 5.41) is 3.74. The maximum Gasteiger partial charge on any atom is 0.0570 e. The highest BCUT2D eigenvalue weighted by Crippen LogP contribution is 2.41. The van der Waals surface area contributed by atoms with Crippen molar-refractivity contribution >= 4 is 0 Å². The van der Waals surface area contributed by atoms with E-state index in [4.69, 9.17) is 0 Å². The molecule has 1 aliphatic carbocycles. The Bertz CT molecular complexity index is 358. The van der Waals surface area contributed by atoms with Crippen LogP contribution < -0.4 is 5.32 Å². The van der Waals surface area contributed by atoms with Crippen LogP contribution in [0.2, 0.25) is 0 Å². The Hall–Kier alpha value is -0.890. The zero-order valence-electron chi connectivity index (χ0n) is 11.4. The molecule has 0 spiro atoms. The summed E-state index contributed by atoms with van der Waals surface area (Å²) in [6, 6.07) is 7.10. The van der Waals surface area contributed by atoms with E-state index >= 15 is 0 Å². The van der Waals surface area contributed by atoms with Crippen LogP contribution in [0.4, 0.5) is 0 Å². The van der Waals surface area contributed by atoms with E-state index in [0.717, 1.165) is 11.6 Å². The van der Waals surface area contributed by atoms with E-state index in [1.54, 1.807) is 0 Å². The average Bonchev–Trinajstić information content (AvgIpc) is 2.53. The van der Waals surface area contributed by atoms with Crippen LogP contribution in [-0.4, -0.2) is 11.0 Å². The monoisotopic (exact) mass is 232 g/mol. The summed E-state index contributed by atoms with van der Waals surface area (Å²) in [4.78, 5) is 4.42. The smallest absolute Gasteiger partial charge is 0.0570 e. The minimum absolute atomic E-state index is 0.345. The number of aromatic nitrogens is 1. The second kappa shape index (κ2) is 4.77. The first-order chi connectivity index (χ1) is 7.98. The third-order valence-electron chi connectivity index (χ3n) is 3.93. The highest BCUT2D eigenvalue weighted by Gasteiger charge is 2.37. The van der Waals surface area contributed by atoms with E-state index in [1.165, 1.54) is 12.8 Å². The number of hydrogen-bond acceptors (Lipinski definition) is 2. The van der Waals surface area contributed by atoms with Crippen LogP contribution in [0.3, 0.4) is 0 Å². The highest BCUT2D eigenvalue weighted by molar-refractivity contribution is 5.08. The Balaban J connectivity index is 1.98. The molecule has 2 rings (SSSR count). The van der Waals surface area contributed by atoms with Crippen molar-refractivity contribution in [3.8, 4) is 0 Å². The van der Waals surface area contributed by atoms with Gasteiger partial charge in [0.05, 0.1) is 5.69 Å². The molecule has 1 fully saturated rings. The summed E-state index contributed by atoms with van der Waals surface area (Å²) >= 11 is 0. The van der Waals surface area contributed by atoms with E-state index in [0.29, 0.717) is 17.5 Å². The van der Waals surface area contributed by atoms with E-state index in [2.05, 4.69) is 50.1 Å². The lowest BCUT2D eigenvalue weighted by molar-refractivity contribution is 0.355. The molecule has 2 heteroatoms. The van der Waals surface area contributed by atoms with E-state index < -0.39 is 0 Å². The van der Waals surface area contributed by atoms with Crippen molar-refractivity contribution in [2.75, 3.05) is 0 Å². The lowest BCUT2D eigenvalue weighted by Gasteiger charge is -2.23. The fourth-order valence-corrected chi connectivity index (χ4v) is 3.16. The molecule has 94 valence electrons. The third kappa shape index (κ3) is 3.06. The fourth-order valence-electron chi connectivity index (χ4n) is 3.16. The fraction of sp³-hybridized carbons (Fsp3) is 0.667. The van der Waals surface area contributed by atoms with Gasteiger partial charge in [-0.25, -0.2) is 0 Å². The molecule has 1 N–H and O–H groups in total. The molecule has 1 aromatic rings. The van der Waals surface area contributed by atoms with Gasteiger partial charge in [0, 0.05) is 18.3 Å². The summed E-state index contributed by atoms with van der Waals surface area (Å²) in [7, 11) is 0. The van der Waals surface area contributed by atoms with E-state index in [9.17, 15) is 0 Å². The predicted octanol–water partition coefficient (Wildman–Crippen LogP) is 3.56. The topological polar surface area (TPSA) is 24.9 Å². The van der Waals surface area contributed by atoms with Crippen molar-refractivity contribution < 1.29 is 0 Å². The van der Waals surface area contributed by atoms with Gasteiger partial charge in [-0.1, -0.05) is 26.8 Å². The number of nitrogens with zero attached hydrogens (tertiary/aromatic N) is 1. The van der Waals surface area contributed by atoms with Crippen molar-refractivity contribution in [1.82, 2.24) is 10.3 Å². The van der Waals surface area contributed by atoms with Crippen molar-refractivity contribution in [2.24, 2.45) is 11.3 Å². The minimum Gasteiger partial charge on any atom is -0.306 e. The molecule has 0 aromatic carbocycles. The Kier molecular flexibility index (Phi) is 3.53. The van der Waals surface area contributed by atoms with Crippen LogP contribution in [0.15, 0.2) is 24.4 Å². The lowest BCUT2D eigenvalue weighted by Crippen LogP contribution is -2.34. The molecular weight excluding hydrogens is 208 g/mol. The normalized spacial score (nSPS) is 29.2. The van der Waals surface area contributed by atoms with Crippen LogP contribution in [0.1, 0.15) is 52.3 Å². The molecule has 1 aliphatic rings. The standard InChI is InChI=1S/C15H24N2/c1-11-9-15(3,4)10-14(11)17-12(2)13-7-5-6-8-16-13/h5-8,11-12,14,17H,9-10H2,1-4H3/t11?,12-,14?/m1/s1. The van der Waals surface area contributed by atoms with Crippen LogP contribution in [0.5, 0.6) is 0 Å². The molecule has 1 heterocycles. The number of pyridine rings is 1. The molecule has 0 aliphatic heterocycles. The predicted molar refractivity (Wildman–Crippen MR) is 71.8 cm³/mol. The quantitative estimate of drug-likeness (QED) is 0.862. The molecule has 1 aromatic heterocycles. The maximum atomic E-state index is 4.42. The molecular formula is C15H24N2. The zero-order valence-corrected chi connectivity index (χ0v) is 11.4. The zero-order chi connectivity index (χ0) is 12.5. The van der Waals surface area contributed by atoms with Gasteiger partial charge >= 0.3 is 0 Å². The maximum absolute atomic E-state index is 4.42. The van der Waals surface area contributed by atoms with Crippen LogP contribution >= 0.6 is 0 Å². The number of hydrogen-bond donors (Lipinski definition) is 1. The van der Waals surface area contributed by atoms with Crippen LogP contribution in [-0.2, 0) is 0 Å². The summed E-state index contributed by atoms with van der Waals surface area (Å²) in [6.45, 7) is 9.31.